The highest BCUT2D eigenvalue weighted by molar-refractivity contribution is 7.17. The Morgan fingerprint density at radius 2 is 2.11 bits per heavy atom. The first-order chi connectivity index (χ1) is 8.99. The van der Waals surface area contributed by atoms with Crippen LogP contribution in [0.3, 0.4) is 0 Å². The number of anilines is 1. The molecule has 4 nitrogen and oxygen atoms in total. The van der Waals surface area contributed by atoms with Crippen molar-refractivity contribution in [1.29, 1.82) is 0 Å². The Hall–Kier alpha value is -1.36. The van der Waals surface area contributed by atoms with Crippen molar-refractivity contribution in [3.05, 3.63) is 16.0 Å². The number of hydrogen-bond donors (Lipinski definition) is 2. The maximum atomic E-state index is 11.8. The molecule has 0 saturated heterocycles. The van der Waals surface area contributed by atoms with E-state index in [1.54, 1.807) is 0 Å². The summed E-state index contributed by atoms with van der Waals surface area (Å²) in [6.07, 6.45) is 4.03. The van der Waals surface area contributed by atoms with Crippen LogP contribution in [0.1, 0.15) is 53.9 Å². The van der Waals surface area contributed by atoms with Crippen LogP contribution in [-0.4, -0.2) is 17.0 Å². The molecule has 0 fully saturated rings. The first-order valence-corrected chi connectivity index (χ1v) is 7.48. The number of carbonyl (C=O) groups is 2. The Bertz CT molecular complexity index is 505. The molecule has 0 atom stereocenters. The molecule has 2 N–H and O–H groups in total. The van der Waals surface area contributed by atoms with Gasteiger partial charge in [-0.1, -0.05) is 13.8 Å². The van der Waals surface area contributed by atoms with E-state index in [0.717, 1.165) is 36.1 Å². The Morgan fingerprint density at radius 3 is 2.74 bits per heavy atom. The van der Waals surface area contributed by atoms with E-state index in [-0.39, 0.29) is 5.91 Å². The molecule has 0 saturated carbocycles. The van der Waals surface area contributed by atoms with Crippen LogP contribution in [0.4, 0.5) is 5.00 Å². The molecule has 1 heterocycles. The predicted molar refractivity (Wildman–Crippen MR) is 76.0 cm³/mol. The molecule has 1 aliphatic rings. The fourth-order valence-electron chi connectivity index (χ4n) is 2.33. The molecule has 5 heteroatoms. The standard InChI is InChI=1S/C14H19NO3S/c1-8(2)6-7-11(16)15-13-12(14(17)18)9-4-3-5-10(9)19-13/h8H,3-7H2,1-2H3,(H,15,16)(H,17,18). The maximum Gasteiger partial charge on any atom is 0.339 e. The molecule has 0 spiro atoms. The zero-order chi connectivity index (χ0) is 14.0. The lowest BCUT2D eigenvalue weighted by Crippen LogP contribution is -2.14. The highest BCUT2D eigenvalue weighted by atomic mass is 32.1. The lowest BCUT2D eigenvalue weighted by Gasteiger charge is -2.06. The number of amides is 1. The molecule has 0 radical (unpaired) electrons. The van der Waals surface area contributed by atoms with Crippen LogP contribution in [0.25, 0.3) is 0 Å². The van der Waals surface area contributed by atoms with E-state index in [9.17, 15) is 14.7 Å². The zero-order valence-electron chi connectivity index (χ0n) is 11.3. The first-order valence-electron chi connectivity index (χ1n) is 6.66. The predicted octanol–water partition coefficient (Wildman–Crippen LogP) is 3.31. The fraction of sp³-hybridized carbons (Fsp3) is 0.571. The summed E-state index contributed by atoms with van der Waals surface area (Å²) in [7, 11) is 0. The summed E-state index contributed by atoms with van der Waals surface area (Å²) in [5.74, 6) is -0.548. The number of carboxylic acids is 1. The van der Waals surface area contributed by atoms with Crippen LogP contribution >= 0.6 is 11.3 Å². The molecule has 0 bridgehead atoms. The third-order valence-electron chi connectivity index (χ3n) is 3.34. The van der Waals surface area contributed by atoms with Crippen LogP contribution in [0, 0.1) is 5.92 Å². The molecule has 19 heavy (non-hydrogen) atoms. The zero-order valence-corrected chi connectivity index (χ0v) is 12.1. The van der Waals surface area contributed by atoms with E-state index < -0.39 is 5.97 Å². The molecular weight excluding hydrogens is 262 g/mol. The van der Waals surface area contributed by atoms with Gasteiger partial charge in [0.1, 0.15) is 5.00 Å². The van der Waals surface area contributed by atoms with E-state index >= 15 is 0 Å². The molecule has 0 aliphatic heterocycles. The van der Waals surface area contributed by atoms with Gasteiger partial charge in [0, 0.05) is 11.3 Å². The molecule has 0 aromatic carbocycles. The van der Waals surface area contributed by atoms with E-state index in [1.807, 2.05) is 0 Å². The number of carboxylic acid groups (broad SMARTS) is 1. The molecule has 104 valence electrons. The summed E-state index contributed by atoms with van der Waals surface area (Å²) in [6.45, 7) is 4.13. The van der Waals surface area contributed by atoms with Gasteiger partial charge in [-0.2, -0.15) is 0 Å². The van der Waals surface area contributed by atoms with Gasteiger partial charge in [0.2, 0.25) is 5.91 Å². The van der Waals surface area contributed by atoms with E-state index in [0.29, 0.717) is 22.9 Å². The molecule has 0 unspecified atom stereocenters. The Kier molecular flexibility index (Phi) is 4.24. The Labute approximate surface area is 116 Å². The van der Waals surface area contributed by atoms with Gasteiger partial charge >= 0.3 is 5.97 Å². The van der Waals surface area contributed by atoms with Crippen molar-refractivity contribution in [2.24, 2.45) is 5.92 Å². The summed E-state index contributed by atoms with van der Waals surface area (Å²) in [5, 5.41) is 12.6. The van der Waals surface area contributed by atoms with Gasteiger partial charge in [-0.3, -0.25) is 4.79 Å². The van der Waals surface area contributed by atoms with Gasteiger partial charge in [0.05, 0.1) is 5.56 Å². The third kappa shape index (κ3) is 3.15. The maximum absolute atomic E-state index is 11.8. The molecule has 1 aliphatic carbocycles. The minimum Gasteiger partial charge on any atom is -0.478 e. The lowest BCUT2D eigenvalue weighted by molar-refractivity contribution is -0.116. The van der Waals surface area contributed by atoms with E-state index in [2.05, 4.69) is 19.2 Å². The third-order valence-corrected chi connectivity index (χ3v) is 4.54. The minimum atomic E-state index is -0.932. The number of hydrogen-bond acceptors (Lipinski definition) is 3. The summed E-state index contributed by atoms with van der Waals surface area (Å²) >= 11 is 1.43. The highest BCUT2D eigenvalue weighted by Gasteiger charge is 2.26. The van der Waals surface area contributed by atoms with Crippen molar-refractivity contribution in [3.8, 4) is 0 Å². The number of carbonyl (C=O) groups excluding carboxylic acids is 1. The van der Waals surface area contributed by atoms with Crippen molar-refractivity contribution in [2.75, 3.05) is 5.32 Å². The van der Waals surface area contributed by atoms with Crippen molar-refractivity contribution in [2.45, 2.75) is 46.0 Å². The summed E-state index contributed by atoms with van der Waals surface area (Å²) in [4.78, 5) is 24.3. The van der Waals surface area contributed by atoms with E-state index in [4.69, 9.17) is 0 Å². The molecule has 1 aromatic rings. The smallest absolute Gasteiger partial charge is 0.339 e. The van der Waals surface area contributed by atoms with Crippen LogP contribution in [0.2, 0.25) is 0 Å². The average molecular weight is 281 g/mol. The van der Waals surface area contributed by atoms with Gasteiger partial charge < -0.3 is 10.4 Å². The first kappa shape index (κ1) is 14.1. The normalized spacial score (nSPS) is 13.6. The minimum absolute atomic E-state index is 0.0869. The number of fused-ring (bicyclic) bond motifs is 1. The second-order valence-electron chi connectivity index (χ2n) is 5.35. The Morgan fingerprint density at radius 1 is 1.37 bits per heavy atom. The quantitative estimate of drug-likeness (QED) is 0.870. The SMILES string of the molecule is CC(C)CCC(=O)Nc1sc2c(c1C(=O)O)CCC2. The van der Waals surface area contributed by atoms with Crippen LogP contribution in [0.15, 0.2) is 0 Å². The molecule has 2 rings (SSSR count). The summed E-state index contributed by atoms with van der Waals surface area (Å²) in [5.41, 5.74) is 1.24. The van der Waals surface area contributed by atoms with Crippen molar-refractivity contribution < 1.29 is 14.7 Å². The topological polar surface area (TPSA) is 66.4 Å². The van der Waals surface area contributed by atoms with Crippen molar-refractivity contribution in [3.63, 3.8) is 0 Å². The monoisotopic (exact) mass is 281 g/mol. The van der Waals surface area contributed by atoms with Gasteiger partial charge in [0.25, 0.3) is 0 Å². The van der Waals surface area contributed by atoms with Gasteiger partial charge in [-0.25, -0.2) is 4.79 Å². The van der Waals surface area contributed by atoms with Gasteiger partial charge in [-0.15, -0.1) is 11.3 Å². The number of thiophene rings is 1. The molecular formula is C14H19NO3S. The second kappa shape index (κ2) is 5.74. The Balaban J connectivity index is 2.12. The fourth-order valence-corrected chi connectivity index (χ4v) is 3.63. The van der Waals surface area contributed by atoms with Gasteiger partial charge in [0.15, 0.2) is 0 Å². The van der Waals surface area contributed by atoms with Crippen LogP contribution in [0.5, 0.6) is 0 Å². The lowest BCUT2D eigenvalue weighted by atomic mass is 10.1. The number of rotatable bonds is 5. The second-order valence-corrected chi connectivity index (χ2v) is 6.45. The van der Waals surface area contributed by atoms with Crippen molar-refractivity contribution >= 4 is 28.2 Å². The highest BCUT2D eigenvalue weighted by Crippen LogP contribution is 2.39. The van der Waals surface area contributed by atoms with E-state index in [1.165, 1.54) is 11.3 Å². The van der Waals surface area contributed by atoms with Crippen molar-refractivity contribution in [1.82, 2.24) is 0 Å². The number of aromatic carboxylic acids is 1. The largest absolute Gasteiger partial charge is 0.478 e. The van der Waals surface area contributed by atoms with Gasteiger partial charge in [-0.05, 0) is 37.2 Å². The average Bonchev–Trinajstić information content (AvgIpc) is 2.85. The van der Waals surface area contributed by atoms with Crippen LogP contribution in [-0.2, 0) is 17.6 Å². The molecule has 1 aromatic heterocycles. The summed E-state index contributed by atoms with van der Waals surface area (Å²) < 4.78 is 0. The summed E-state index contributed by atoms with van der Waals surface area (Å²) in [6, 6.07) is 0. The van der Waals surface area contributed by atoms with Crippen LogP contribution < -0.4 is 5.32 Å². The number of nitrogens with one attached hydrogen (secondary N) is 1. The number of aryl methyl sites for hydroxylation is 1. The molecule has 1 amide bonds.